The minimum absolute atomic E-state index is 0.0153. The molecule has 0 radical (unpaired) electrons. The zero-order valence-corrected chi connectivity index (χ0v) is 14.1. The van der Waals surface area contributed by atoms with Crippen LogP contribution in [0.2, 0.25) is 0 Å². The zero-order valence-electron chi connectivity index (χ0n) is 14.1. The van der Waals surface area contributed by atoms with Gasteiger partial charge in [-0.2, -0.15) is 0 Å². The highest BCUT2D eigenvalue weighted by Crippen LogP contribution is 2.13. The third-order valence-corrected chi connectivity index (χ3v) is 3.76. The van der Waals surface area contributed by atoms with Gasteiger partial charge in [-0.3, -0.25) is 9.78 Å². The van der Waals surface area contributed by atoms with E-state index < -0.39 is 0 Å². The fraction of sp³-hybridized carbons (Fsp3) is 0.0909. The van der Waals surface area contributed by atoms with Crippen molar-refractivity contribution in [2.75, 3.05) is 5.32 Å². The predicted octanol–water partition coefficient (Wildman–Crippen LogP) is 4.74. The number of rotatable bonds is 5. The first-order chi connectivity index (χ1) is 12.2. The molecular formula is C22H20N2O. The second kappa shape index (κ2) is 8.06. The van der Waals surface area contributed by atoms with Crippen LogP contribution < -0.4 is 5.32 Å². The summed E-state index contributed by atoms with van der Waals surface area (Å²) in [5.74, 6) is -0.0153. The van der Waals surface area contributed by atoms with Crippen LogP contribution in [0.25, 0.3) is 12.2 Å². The van der Waals surface area contributed by atoms with Crippen molar-refractivity contribution in [3.8, 4) is 0 Å². The summed E-state index contributed by atoms with van der Waals surface area (Å²) in [5.41, 5.74) is 4.79. The van der Waals surface area contributed by atoms with Crippen molar-refractivity contribution in [3.05, 3.63) is 95.3 Å². The summed E-state index contributed by atoms with van der Waals surface area (Å²) in [5, 5.41) is 2.92. The van der Waals surface area contributed by atoms with Crippen molar-refractivity contribution in [2.45, 2.75) is 13.3 Å². The number of hydrogen-bond acceptors (Lipinski definition) is 2. The molecule has 124 valence electrons. The Bertz CT molecular complexity index is 868. The number of hydrogen-bond donors (Lipinski definition) is 1. The monoisotopic (exact) mass is 328 g/mol. The molecule has 0 spiro atoms. The van der Waals surface area contributed by atoms with Crippen LogP contribution in [0.4, 0.5) is 5.69 Å². The van der Waals surface area contributed by atoms with E-state index in [0.29, 0.717) is 6.42 Å². The van der Waals surface area contributed by atoms with Gasteiger partial charge in [0.05, 0.1) is 12.1 Å². The molecule has 3 rings (SSSR count). The number of amides is 1. The molecule has 0 saturated carbocycles. The molecule has 0 fully saturated rings. The van der Waals surface area contributed by atoms with Gasteiger partial charge in [-0.1, -0.05) is 54.6 Å². The maximum atomic E-state index is 12.1. The highest BCUT2D eigenvalue weighted by atomic mass is 16.1. The van der Waals surface area contributed by atoms with Crippen LogP contribution in [-0.2, 0) is 11.2 Å². The number of pyridine rings is 1. The normalized spacial score (nSPS) is 10.8. The van der Waals surface area contributed by atoms with Gasteiger partial charge in [-0.15, -0.1) is 0 Å². The molecule has 0 aliphatic heterocycles. The molecule has 3 aromatic rings. The van der Waals surface area contributed by atoms with Crippen molar-refractivity contribution >= 4 is 23.7 Å². The van der Waals surface area contributed by atoms with Gasteiger partial charge >= 0.3 is 0 Å². The average Bonchev–Trinajstić information content (AvgIpc) is 2.62. The SMILES string of the molecule is Cc1cccc(C=Cc2ccc(NC(=O)Cc3ccccc3)cc2)n1. The Morgan fingerprint density at radius 2 is 1.68 bits per heavy atom. The lowest BCUT2D eigenvalue weighted by Gasteiger charge is -2.05. The van der Waals surface area contributed by atoms with E-state index in [0.717, 1.165) is 28.2 Å². The molecule has 3 nitrogen and oxygen atoms in total. The highest BCUT2D eigenvalue weighted by molar-refractivity contribution is 5.92. The van der Waals surface area contributed by atoms with Crippen LogP contribution in [0.5, 0.6) is 0 Å². The first-order valence-corrected chi connectivity index (χ1v) is 8.25. The molecule has 0 atom stereocenters. The lowest BCUT2D eigenvalue weighted by atomic mass is 10.1. The average molecular weight is 328 g/mol. The Morgan fingerprint density at radius 1 is 0.920 bits per heavy atom. The van der Waals surface area contributed by atoms with E-state index in [4.69, 9.17) is 0 Å². The molecule has 0 unspecified atom stereocenters. The van der Waals surface area contributed by atoms with Crippen LogP contribution in [0, 0.1) is 6.92 Å². The number of nitrogens with zero attached hydrogens (tertiary/aromatic N) is 1. The van der Waals surface area contributed by atoms with Gasteiger partial charge in [0.25, 0.3) is 0 Å². The second-order valence-electron chi connectivity index (χ2n) is 5.87. The first-order valence-electron chi connectivity index (χ1n) is 8.25. The molecule has 25 heavy (non-hydrogen) atoms. The fourth-order valence-electron chi connectivity index (χ4n) is 2.50. The summed E-state index contributed by atoms with van der Waals surface area (Å²) in [6.07, 6.45) is 4.37. The Kier molecular flexibility index (Phi) is 5.37. The smallest absolute Gasteiger partial charge is 0.228 e. The molecule has 0 bridgehead atoms. The van der Waals surface area contributed by atoms with E-state index in [1.807, 2.05) is 91.9 Å². The summed E-state index contributed by atoms with van der Waals surface area (Å²) in [6.45, 7) is 1.98. The quantitative estimate of drug-likeness (QED) is 0.735. The minimum Gasteiger partial charge on any atom is -0.326 e. The van der Waals surface area contributed by atoms with Gasteiger partial charge in [0, 0.05) is 11.4 Å². The second-order valence-corrected chi connectivity index (χ2v) is 5.87. The summed E-state index contributed by atoms with van der Waals surface area (Å²) in [7, 11) is 0. The predicted molar refractivity (Wildman–Crippen MR) is 103 cm³/mol. The molecule has 2 aromatic carbocycles. The number of carbonyl (C=O) groups excluding carboxylic acids is 1. The number of nitrogens with one attached hydrogen (secondary N) is 1. The maximum absolute atomic E-state index is 12.1. The molecular weight excluding hydrogens is 308 g/mol. The lowest BCUT2D eigenvalue weighted by molar-refractivity contribution is -0.115. The van der Waals surface area contributed by atoms with Gasteiger partial charge in [-0.25, -0.2) is 0 Å². The van der Waals surface area contributed by atoms with E-state index in [9.17, 15) is 4.79 Å². The molecule has 1 aromatic heterocycles. The topological polar surface area (TPSA) is 42.0 Å². The van der Waals surface area contributed by atoms with Gasteiger partial charge in [0.2, 0.25) is 5.91 Å². The largest absolute Gasteiger partial charge is 0.326 e. The summed E-state index contributed by atoms with van der Waals surface area (Å²) in [6, 6.07) is 23.4. The Hall–Kier alpha value is -3.20. The third-order valence-electron chi connectivity index (χ3n) is 3.76. The molecule has 1 heterocycles. The lowest BCUT2D eigenvalue weighted by Crippen LogP contribution is -2.14. The number of aromatic nitrogens is 1. The van der Waals surface area contributed by atoms with Gasteiger partial charge < -0.3 is 5.32 Å². The Balaban J connectivity index is 1.59. The number of aryl methyl sites for hydroxylation is 1. The van der Waals surface area contributed by atoms with Crippen LogP contribution in [0.1, 0.15) is 22.5 Å². The van der Waals surface area contributed by atoms with Crippen molar-refractivity contribution in [2.24, 2.45) is 0 Å². The molecule has 3 heteroatoms. The fourth-order valence-corrected chi connectivity index (χ4v) is 2.50. The highest BCUT2D eigenvalue weighted by Gasteiger charge is 2.03. The molecule has 1 amide bonds. The van der Waals surface area contributed by atoms with Crippen molar-refractivity contribution in [1.82, 2.24) is 4.98 Å². The molecule has 1 N–H and O–H groups in total. The summed E-state index contributed by atoms with van der Waals surface area (Å²) >= 11 is 0. The van der Waals surface area contributed by atoms with E-state index in [-0.39, 0.29) is 5.91 Å². The third kappa shape index (κ3) is 5.15. The molecule has 0 aliphatic carbocycles. The van der Waals surface area contributed by atoms with Gasteiger partial charge in [-0.05, 0) is 48.4 Å². The maximum Gasteiger partial charge on any atom is 0.228 e. The molecule has 0 saturated heterocycles. The Morgan fingerprint density at radius 3 is 2.40 bits per heavy atom. The van der Waals surface area contributed by atoms with Crippen LogP contribution in [0.3, 0.4) is 0 Å². The number of benzene rings is 2. The number of carbonyl (C=O) groups is 1. The first kappa shape index (κ1) is 16.7. The van der Waals surface area contributed by atoms with Crippen LogP contribution in [0.15, 0.2) is 72.8 Å². The van der Waals surface area contributed by atoms with E-state index >= 15 is 0 Å². The summed E-state index contributed by atoms with van der Waals surface area (Å²) in [4.78, 5) is 16.5. The minimum atomic E-state index is -0.0153. The van der Waals surface area contributed by atoms with Crippen LogP contribution >= 0.6 is 0 Å². The van der Waals surface area contributed by atoms with E-state index in [1.54, 1.807) is 0 Å². The zero-order chi connectivity index (χ0) is 17.5. The van der Waals surface area contributed by atoms with Crippen LogP contribution in [-0.4, -0.2) is 10.9 Å². The van der Waals surface area contributed by atoms with E-state index in [1.165, 1.54) is 0 Å². The van der Waals surface area contributed by atoms with Crippen molar-refractivity contribution < 1.29 is 4.79 Å². The van der Waals surface area contributed by atoms with Gasteiger partial charge in [0.1, 0.15) is 0 Å². The van der Waals surface area contributed by atoms with Crippen molar-refractivity contribution in [3.63, 3.8) is 0 Å². The Labute approximate surface area is 148 Å². The molecule has 0 aliphatic rings. The summed E-state index contributed by atoms with van der Waals surface area (Å²) < 4.78 is 0. The standard InChI is InChI=1S/C22H20N2O/c1-17-6-5-9-20(23-17)13-10-18-11-14-21(15-12-18)24-22(25)16-19-7-3-2-4-8-19/h2-15H,16H2,1H3,(H,24,25). The van der Waals surface area contributed by atoms with Gasteiger partial charge in [0.15, 0.2) is 0 Å². The number of anilines is 1. The van der Waals surface area contributed by atoms with Crippen molar-refractivity contribution in [1.29, 1.82) is 0 Å². The van der Waals surface area contributed by atoms with E-state index in [2.05, 4.69) is 10.3 Å².